The summed E-state index contributed by atoms with van der Waals surface area (Å²) in [5, 5.41) is 11.1. The van der Waals surface area contributed by atoms with Crippen LogP contribution in [-0.4, -0.2) is 10.2 Å². The minimum Gasteiger partial charge on any atom is -0.761 e. The molecule has 1 aliphatic heterocycles. The molecule has 1 N–H and O–H groups in total. The Bertz CT molecular complexity index is 1100. The van der Waals surface area contributed by atoms with Gasteiger partial charge in [-0.3, -0.25) is 9.69 Å². The molecule has 0 atom stereocenters. The monoisotopic (exact) mass is 427 g/mol. The Balaban J connectivity index is 1.61. The molecular formula is C20H12ClN2O3S2-. The molecule has 0 radical (unpaired) electrons. The van der Waals surface area contributed by atoms with E-state index in [4.69, 9.17) is 28.2 Å². The van der Waals surface area contributed by atoms with Crippen LogP contribution in [0, 0.1) is 5.21 Å². The Hall–Kier alpha value is -2.58. The van der Waals surface area contributed by atoms with Crippen molar-refractivity contribution in [2.45, 2.75) is 0 Å². The van der Waals surface area contributed by atoms with E-state index >= 15 is 0 Å². The molecule has 5 nitrogen and oxygen atoms in total. The summed E-state index contributed by atoms with van der Waals surface area (Å²) in [6.07, 6.45) is 1.66. The van der Waals surface area contributed by atoms with Crippen LogP contribution in [0.5, 0.6) is 0 Å². The lowest BCUT2D eigenvalue weighted by Gasteiger charge is -2.13. The number of hydrogen-bond donors (Lipinski definition) is 1. The second-order valence-corrected chi connectivity index (χ2v) is 7.93. The van der Waals surface area contributed by atoms with Gasteiger partial charge in [-0.15, -0.1) is 0 Å². The second-order valence-electron chi connectivity index (χ2n) is 5.85. The van der Waals surface area contributed by atoms with Gasteiger partial charge in [-0.1, -0.05) is 53.8 Å². The zero-order chi connectivity index (χ0) is 19.7. The van der Waals surface area contributed by atoms with Gasteiger partial charge in [0.1, 0.15) is 11.5 Å². The van der Waals surface area contributed by atoms with Gasteiger partial charge < -0.3 is 15.1 Å². The lowest BCUT2D eigenvalue weighted by Crippen LogP contribution is -2.27. The standard InChI is InChI=1S/C20H12ClN2O3S2/c21-16-10-12(22-25)6-8-15(16)17-9-7-14(26-17)11-18-19(24)23(20(27)28-18)13-4-2-1-3-5-13/h1-11,22H/q-1/b18-11+. The molecule has 1 amide bonds. The maximum absolute atomic E-state index is 12.8. The van der Waals surface area contributed by atoms with Gasteiger partial charge in [0, 0.05) is 17.3 Å². The van der Waals surface area contributed by atoms with Crippen molar-refractivity contribution in [3.63, 3.8) is 0 Å². The Labute approximate surface area is 175 Å². The van der Waals surface area contributed by atoms with Crippen molar-refractivity contribution in [2.24, 2.45) is 0 Å². The van der Waals surface area contributed by atoms with E-state index in [1.165, 1.54) is 22.7 Å². The van der Waals surface area contributed by atoms with Crippen molar-refractivity contribution >= 4 is 63.3 Å². The molecule has 1 aliphatic rings. The molecule has 140 valence electrons. The molecule has 3 aromatic rings. The van der Waals surface area contributed by atoms with Crippen LogP contribution in [0.4, 0.5) is 11.4 Å². The first-order chi connectivity index (χ1) is 13.6. The molecule has 0 aliphatic carbocycles. The number of hydrogen-bond acceptors (Lipinski definition) is 6. The van der Waals surface area contributed by atoms with Gasteiger partial charge in [-0.05, 0) is 42.5 Å². The molecule has 1 fully saturated rings. The largest absolute Gasteiger partial charge is 0.761 e. The Kier molecular flexibility index (Phi) is 5.23. The van der Waals surface area contributed by atoms with E-state index in [0.717, 1.165) is 5.69 Å². The lowest BCUT2D eigenvalue weighted by molar-refractivity contribution is -0.113. The highest BCUT2D eigenvalue weighted by Crippen LogP contribution is 2.37. The molecule has 2 heterocycles. The summed E-state index contributed by atoms with van der Waals surface area (Å²) < 4.78 is 6.29. The van der Waals surface area contributed by atoms with Gasteiger partial charge in [0.05, 0.1) is 15.6 Å². The summed E-state index contributed by atoms with van der Waals surface area (Å²) in [5.41, 5.74) is 3.54. The second kappa shape index (κ2) is 7.81. The Morgan fingerprint density at radius 1 is 1.14 bits per heavy atom. The molecule has 0 spiro atoms. The maximum Gasteiger partial charge on any atom is 0.270 e. The number of nitrogens with zero attached hydrogens (tertiary/aromatic N) is 1. The van der Waals surface area contributed by atoms with Crippen LogP contribution in [0.3, 0.4) is 0 Å². The molecule has 0 saturated carbocycles. The predicted octanol–water partition coefficient (Wildman–Crippen LogP) is 5.92. The van der Waals surface area contributed by atoms with E-state index in [2.05, 4.69) is 0 Å². The van der Waals surface area contributed by atoms with E-state index in [0.29, 0.717) is 37.0 Å². The number of anilines is 2. The molecule has 0 unspecified atom stereocenters. The fourth-order valence-corrected chi connectivity index (χ4v) is 4.30. The van der Waals surface area contributed by atoms with Crippen LogP contribution in [0.25, 0.3) is 17.4 Å². The molecule has 0 bridgehead atoms. The lowest BCUT2D eigenvalue weighted by atomic mass is 10.1. The summed E-state index contributed by atoms with van der Waals surface area (Å²) in [6, 6.07) is 17.6. The van der Waals surface area contributed by atoms with Gasteiger partial charge >= 0.3 is 0 Å². The van der Waals surface area contributed by atoms with Crippen LogP contribution in [0.15, 0.2) is 70.0 Å². The third-order valence-corrected chi connectivity index (χ3v) is 5.68. The molecule has 1 saturated heterocycles. The van der Waals surface area contributed by atoms with Crippen LogP contribution in [-0.2, 0) is 4.79 Å². The van der Waals surface area contributed by atoms with Crippen molar-refractivity contribution in [3.05, 3.63) is 81.6 Å². The minimum atomic E-state index is -0.192. The van der Waals surface area contributed by atoms with E-state index in [1.807, 2.05) is 30.3 Å². The SMILES string of the molecule is O=C1/C(=C\c2ccc(-c3ccc(N[O-])cc3Cl)o2)SC(=S)N1c1ccccc1. The number of para-hydroxylation sites is 1. The first kappa shape index (κ1) is 18.8. The predicted molar refractivity (Wildman–Crippen MR) is 118 cm³/mol. The Morgan fingerprint density at radius 2 is 1.93 bits per heavy atom. The number of thioether (sulfide) groups is 1. The summed E-state index contributed by atoms with van der Waals surface area (Å²) in [6.45, 7) is 0. The van der Waals surface area contributed by atoms with Crippen molar-refractivity contribution in [1.29, 1.82) is 0 Å². The number of carbonyl (C=O) groups excluding carboxylic acids is 1. The molecule has 28 heavy (non-hydrogen) atoms. The normalized spacial score (nSPS) is 15.5. The van der Waals surface area contributed by atoms with Crippen molar-refractivity contribution in [1.82, 2.24) is 0 Å². The van der Waals surface area contributed by atoms with E-state index < -0.39 is 0 Å². The van der Waals surface area contributed by atoms with Gasteiger partial charge in [0.2, 0.25) is 0 Å². The van der Waals surface area contributed by atoms with Crippen LogP contribution in [0.1, 0.15) is 5.76 Å². The average molecular weight is 428 g/mol. The maximum atomic E-state index is 12.8. The quantitative estimate of drug-likeness (QED) is 0.317. The van der Waals surface area contributed by atoms with Crippen molar-refractivity contribution < 1.29 is 9.21 Å². The topological polar surface area (TPSA) is 68.5 Å². The number of halogens is 1. The van der Waals surface area contributed by atoms with E-state index in [9.17, 15) is 10.0 Å². The van der Waals surface area contributed by atoms with E-state index in [1.54, 1.807) is 35.8 Å². The highest BCUT2D eigenvalue weighted by atomic mass is 35.5. The van der Waals surface area contributed by atoms with Gasteiger partial charge in [-0.25, -0.2) is 0 Å². The van der Waals surface area contributed by atoms with Crippen LogP contribution < -0.4 is 10.4 Å². The van der Waals surface area contributed by atoms with Crippen molar-refractivity contribution in [2.75, 3.05) is 10.4 Å². The van der Waals surface area contributed by atoms with Gasteiger partial charge in [-0.2, -0.15) is 0 Å². The highest BCUT2D eigenvalue weighted by Gasteiger charge is 2.33. The summed E-state index contributed by atoms with van der Waals surface area (Å²) in [5.74, 6) is 0.848. The number of carbonyl (C=O) groups is 1. The van der Waals surface area contributed by atoms with Gasteiger partial charge in [0.25, 0.3) is 5.91 Å². The zero-order valence-corrected chi connectivity index (χ0v) is 16.6. The molecule has 2 aromatic carbocycles. The van der Waals surface area contributed by atoms with Crippen LogP contribution >= 0.6 is 35.6 Å². The fourth-order valence-electron chi connectivity index (χ4n) is 2.75. The number of rotatable bonds is 4. The smallest absolute Gasteiger partial charge is 0.270 e. The average Bonchev–Trinajstić information content (AvgIpc) is 3.27. The third-order valence-electron chi connectivity index (χ3n) is 4.06. The number of thiocarbonyl (C=S) groups is 1. The molecular weight excluding hydrogens is 416 g/mol. The summed E-state index contributed by atoms with van der Waals surface area (Å²) >= 11 is 12.8. The number of amides is 1. The number of benzene rings is 2. The summed E-state index contributed by atoms with van der Waals surface area (Å²) in [7, 11) is 0. The summed E-state index contributed by atoms with van der Waals surface area (Å²) in [4.78, 5) is 14.8. The first-order valence-corrected chi connectivity index (χ1v) is 9.78. The van der Waals surface area contributed by atoms with Gasteiger partial charge in [0.15, 0.2) is 4.32 Å². The first-order valence-electron chi connectivity index (χ1n) is 8.18. The molecule has 1 aromatic heterocycles. The minimum absolute atomic E-state index is 0.192. The van der Waals surface area contributed by atoms with Crippen molar-refractivity contribution in [3.8, 4) is 11.3 Å². The van der Waals surface area contributed by atoms with E-state index in [-0.39, 0.29) is 5.91 Å². The number of nitrogens with one attached hydrogen (secondary N) is 1. The molecule has 8 heteroatoms. The molecule has 4 rings (SSSR count). The zero-order valence-electron chi connectivity index (χ0n) is 14.2. The highest BCUT2D eigenvalue weighted by molar-refractivity contribution is 8.27. The third kappa shape index (κ3) is 3.57. The van der Waals surface area contributed by atoms with Crippen LogP contribution in [0.2, 0.25) is 5.02 Å². The number of furan rings is 1. The fraction of sp³-hybridized carbons (Fsp3) is 0. The Morgan fingerprint density at radius 3 is 2.64 bits per heavy atom.